The summed E-state index contributed by atoms with van der Waals surface area (Å²) in [4.78, 5) is 12.7. The Balaban J connectivity index is 2.54. The average molecular weight is 237 g/mol. The van der Waals surface area contributed by atoms with E-state index in [0.29, 0.717) is 6.42 Å². The second kappa shape index (κ2) is 5.17. The molecule has 0 amide bonds. The van der Waals surface area contributed by atoms with Gasteiger partial charge in [-0.2, -0.15) is 13.2 Å². The summed E-state index contributed by atoms with van der Waals surface area (Å²) >= 11 is 0. The van der Waals surface area contributed by atoms with Gasteiger partial charge >= 0.3 is 6.18 Å². The molecule has 0 saturated heterocycles. The predicted octanol–water partition coefficient (Wildman–Crippen LogP) is 2.63. The monoisotopic (exact) mass is 237 g/mol. The van der Waals surface area contributed by atoms with Gasteiger partial charge in [0.2, 0.25) is 0 Å². The van der Waals surface area contributed by atoms with Gasteiger partial charge in [-0.3, -0.25) is 9.69 Å². The Labute approximate surface area is 93.8 Å². The molecule has 2 nitrogen and oxygen atoms in total. The molecule has 0 aromatic heterocycles. The van der Waals surface area contributed by atoms with Crippen LogP contribution in [0, 0.1) is 5.92 Å². The van der Waals surface area contributed by atoms with E-state index in [1.165, 1.54) is 4.90 Å². The first-order chi connectivity index (χ1) is 7.29. The summed E-state index contributed by atoms with van der Waals surface area (Å²) in [6.45, 7) is 2.78. The molecule has 0 aromatic rings. The molecule has 94 valence electrons. The van der Waals surface area contributed by atoms with Crippen molar-refractivity contribution in [3.63, 3.8) is 0 Å². The summed E-state index contributed by atoms with van der Waals surface area (Å²) in [6, 6.07) is -0.185. The van der Waals surface area contributed by atoms with E-state index >= 15 is 0 Å². The van der Waals surface area contributed by atoms with Crippen LogP contribution in [0.15, 0.2) is 0 Å². The molecule has 0 aromatic carbocycles. The van der Waals surface area contributed by atoms with Crippen molar-refractivity contribution in [3.05, 3.63) is 0 Å². The molecule has 1 unspecified atom stereocenters. The molecule has 1 fully saturated rings. The molecule has 5 heteroatoms. The smallest absolute Gasteiger partial charge is 0.299 e. The zero-order valence-electron chi connectivity index (χ0n) is 9.68. The lowest BCUT2D eigenvalue weighted by Crippen LogP contribution is -2.42. The number of Topliss-reactive ketones (excluding diaryl/α,β-unsaturated/α-hetero) is 1. The lowest BCUT2D eigenvalue weighted by Gasteiger charge is -2.29. The summed E-state index contributed by atoms with van der Waals surface area (Å²) < 4.78 is 36.9. The van der Waals surface area contributed by atoms with Gasteiger partial charge in [0.25, 0.3) is 0 Å². The molecule has 1 saturated carbocycles. The molecular weight excluding hydrogens is 219 g/mol. The SMILES string of the molecule is CC(C)N(CC1CCCC1=O)CC(F)(F)F. The van der Waals surface area contributed by atoms with Crippen molar-refractivity contribution in [1.82, 2.24) is 4.90 Å². The Morgan fingerprint density at radius 1 is 1.44 bits per heavy atom. The standard InChI is InChI=1S/C11H18F3NO/c1-8(2)15(7-11(12,13)14)6-9-4-3-5-10(9)16/h8-9H,3-7H2,1-2H3. The Hall–Kier alpha value is -0.580. The minimum atomic E-state index is -4.19. The zero-order chi connectivity index (χ0) is 12.3. The zero-order valence-corrected chi connectivity index (χ0v) is 9.68. The fraction of sp³-hybridized carbons (Fsp3) is 0.909. The number of hydrogen-bond acceptors (Lipinski definition) is 2. The van der Waals surface area contributed by atoms with Gasteiger partial charge in [0.15, 0.2) is 0 Å². The first-order valence-corrected chi connectivity index (χ1v) is 5.63. The number of hydrogen-bond donors (Lipinski definition) is 0. The van der Waals surface area contributed by atoms with E-state index in [9.17, 15) is 18.0 Å². The average Bonchev–Trinajstić information content (AvgIpc) is 2.48. The van der Waals surface area contributed by atoms with Gasteiger partial charge < -0.3 is 0 Å². The summed E-state index contributed by atoms with van der Waals surface area (Å²) in [6.07, 6.45) is -2.10. The van der Waals surface area contributed by atoms with Gasteiger partial charge in [0, 0.05) is 24.9 Å². The van der Waals surface area contributed by atoms with Crippen LogP contribution < -0.4 is 0 Å². The van der Waals surface area contributed by atoms with Gasteiger partial charge in [0.1, 0.15) is 5.78 Å². The van der Waals surface area contributed by atoms with Crippen molar-refractivity contribution in [3.8, 4) is 0 Å². The van der Waals surface area contributed by atoms with E-state index in [-0.39, 0.29) is 24.3 Å². The molecule has 16 heavy (non-hydrogen) atoms. The van der Waals surface area contributed by atoms with E-state index < -0.39 is 12.7 Å². The number of carbonyl (C=O) groups excluding carboxylic acids is 1. The van der Waals surface area contributed by atoms with Gasteiger partial charge in [0.05, 0.1) is 6.54 Å². The maximum absolute atomic E-state index is 12.3. The minimum Gasteiger partial charge on any atom is -0.299 e. The lowest BCUT2D eigenvalue weighted by atomic mass is 10.1. The Morgan fingerprint density at radius 2 is 2.06 bits per heavy atom. The molecule has 0 radical (unpaired) electrons. The molecule has 1 rings (SSSR count). The number of halogens is 3. The molecule has 1 aliphatic carbocycles. The van der Waals surface area contributed by atoms with Crippen LogP contribution in [-0.4, -0.2) is 36.0 Å². The van der Waals surface area contributed by atoms with Gasteiger partial charge in [-0.05, 0) is 26.7 Å². The summed E-state index contributed by atoms with van der Waals surface area (Å²) in [5.74, 6) is -0.0717. The molecule has 0 heterocycles. The quantitative estimate of drug-likeness (QED) is 0.749. The fourth-order valence-electron chi connectivity index (χ4n) is 2.05. The predicted molar refractivity (Wildman–Crippen MR) is 55.1 cm³/mol. The van der Waals surface area contributed by atoms with Crippen LogP contribution in [0.3, 0.4) is 0 Å². The number of rotatable bonds is 4. The molecule has 0 N–H and O–H groups in total. The third-order valence-electron chi connectivity index (χ3n) is 3.00. The Morgan fingerprint density at radius 3 is 2.44 bits per heavy atom. The third-order valence-corrected chi connectivity index (χ3v) is 3.00. The molecule has 0 spiro atoms. The first kappa shape index (κ1) is 13.5. The van der Waals surface area contributed by atoms with Crippen molar-refractivity contribution in [1.29, 1.82) is 0 Å². The van der Waals surface area contributed by atoms with Gasteiger partial charge in [-0.25, -0.2) is 0 Å². The van der Waals surface area contributed by atoms with Crippen LogP contribution in [0.5, 0.6) is 0 Å². The van der Waals surface area contributed by atoms with Gasteiger partial charge in [-0.1, -0.05) is 0 Å². The highest BCUT2D eigenvalue weighted by atomic mass is 19.4. The van der Waals surface area contributed by atoms with Crippen molar-refractivity contribution in [2.75, 3.05) is 13.1 Å². The second-order valence-electron chi connectivity index (χ2n) is 4.69. The van der Waals surface area contributed by atoms with Crippen LogP contribution in [0.25, 0.3) is 0 Å². The summed E-state index contributed by atoms with van der Waals surface area (Å²) in [7, 11) is 0. The number of alkyl halides is 3. The van der Waals surface area contributed by atoms with E-state index in [0.717, 1.165) is 12.8 Å². The molecule has 1 aliphatic rings. The number of nitrogens with zero attached hydrogens (tertiary/aromatic N) is 1. The lowest BCUT2D eigenvalue weighted by molar-refractivity contribution is -0.152. The second-order valence-corrected chi connectivity index (χ2v) is 4.69. The van der Waals surface area contributed by atoms with E-state index in [2.05, 4.69) is 0 Å². The van der Waals surface area contributed by atoms with Crippen LogP contribution in [-0.2, 0) is 4.79 Å². The largest absolute Gasteiger partial charge is 0.401 e. The fourth-order valence-corrected chi connectivity index (χ4v) is 2.05. The Bertz CT molecular complexity index is 250. The number of ketones is 1. The maximum atomic E-state index is 12.3. The van der Waals surface area contributed by atoms with Crippen molar-refractivity contribution in [2.24, 2.45) is 5.92 Å². The molecule has 0 aliphatic heterocycles. The molecule has 1 atom stereocenters. The normalized spacial score (nSPS) is 22.4. The van der Waals surface area contributed by atoms with E-state index in [4.69, 9.17) is 0 Å². The summed E-state index contributed by atoms with van der Waals surface area (Å²) in [5.41, 5.74) is 0. The molecule has 0 bridgehead atoms. The third kappa shape index (κ3) is 4.12. The highest BCUT2D eigenvalue weighted by molar-refractivity contribution is 5.83. The van der Waals surface area contributed by atoms with E-state index in [1.807, 2.05) is 0 Å². The highest BCUT2D eigenvalue weighted by Gasteiger charge is 2.34. The summed E-state index contributed by atoms with van der Waals surface area (Å²) in [5, 5.41) is 0. The molecular formula is C11H18F3NO. The van der Waals surface area contributed by atoms with Crippen molar-refractivity contribution >= 4 is 5.78 Å². The minimum absolute atomic E-state index is 0.118. The van der Waals surface area contributed by atoms with Crippen LogP contribution in [0.2, 0.25) is 0 Å². The van der Waals surface area contributed by atoms with Crippen LogP contribution in [0.1, 0.15) is 33.1 Å². The number of carbonyl (C=O) groups is 1. The van der Waals surface area contributed by atoms with Crippen LogP contribution >= 0.6 is 0 Å². The highest BCUT2D eigenvalue weighted by Crippen LogP contribution is 2.25. The first-order valence-electron chi connectivity index (χ1n) is 5.63. The van der Waals surface area contributed by atoms with Crippen molar-refractivity contribution < 1.29 is 18.0 Å². The van der Waals surface area contributed by atoms with Crippen molar-refractivity contribution in [2.45, 2.75) is 45.3 Å². The Kier molecular flexibility index (Phi) is 4.35. The van der Waals surface area contributed by atoms with E-state index in [1.54, 1.807) is 13.8 Å². The van der Waals surface area contributed by atoms with Crippen LogP contribution in [0.4, 0.5) is 13.2 Å². The topological polar surface area (TPSA) is 20.3 Å². The maximum Gasteiger partial charge on any atom is 0.401 e. The van der Waals surface area contributed by atoms with Gasteiger partial charge in [-0.15, -0.1) is 0 Å².